The number of carboxylic acid groups (broad SMARTS) is 1. The number of piperazine rings is 1. The quantitative estimate of drug-likeness (QED) is 0.611. The van der Waals surface area contributed by atoms with Gasteiger partial charge in [-0.25, -0.2) is 4.79 Å². The molecule has 2 atom stereocenters. The lowest BCUT2D eigenvalue weighted by molar-refractivity contribution is -0.131. The largest absolute Gasteiger partial charge is 0.465 e. The number of hydrogen-bond acceptors (Lipinski definition) is 2. The fourth-order valence-corrected chi connectivity index (χ4v) is 2.47. The number of carbonyl (C=O) groups excluding carboxylic acids is 1. The van der Waals surface area contributed by atoms with Crippen LogP contribution in [0.3, 0.4) is 0 Å². The van der Waals surface area contributed by atoms with Crippen LogP contribution >= 0.6 is 0 Å². The molecule has 0 radical (unpaired) electrons. The van der Waals surface area contributed by atoms with Gasteiger partial charge in [0.25, 0.3) is 0 Å². The summed E-state index contributed by atoms with van der Waals surface area (Å²) >= 11 is 0. The van der Waals surface area contributed by atoms with Crippen molar-refractivity contribution in [2.45, 2.75) is 31.8 Å². The predicted octanol–water partition coefficient (Wildman–Crippen LogP) is 0.359. The Morgan fingerprint density at radius 2 is 1.71 bits per heavy atom. The van der Waals surface area contributed by atoms with Gasteiger partial charge in [-0.1, -0.05) is 0 Å². The number of hydrogen-bond donors (Lipinski definition) is 1. The Kier molecular flexibility index (Phi) is 2.09. The smallest absolute Gasteiger partial charge is 0.407 e. The Morgan fingerprint density at radius 1 is 1.21 bits per heavy atom. The minimum Gasteiger partial charge on any atom is -0.465 e. The average molecular weight is 198 g/mol. The topological polar surface area (TPSA) is 60.9 Å². The van der Waals surface area contributed by atoms with Crippen molar-refractivity contribution in [3.05, 3.63) is 0 Å². The molecule has 2 fully saturated rings. The van der Waals surface area contributed by atoms with Gasteiger partial charge in [0, 0.05) is 20.0 Å². The molecular formula is C9H14N2O3. The molecule has 0 aromatic rings. The van der Waals surface area contributed by atoms with Crippen molar-refractivity contribution in [2.75, 3.05) is 13.1 Å². The molecule has 0 spiro atoms. The van der Waals surface area contributed by atoms with Crippen LogP contribution in [0.25, 0.3) is 0 Å². The summed E-state index contributed by atoms with van der Waals surface area (Å²) in [6, 6.07) is 0.0466. The second-order valence-electron chi connectivity index (χ2n) is 4.00. The molecule has 2 bridgehead atoms. The molecule has 0 aliphatic carbocycles. The first-order chi connectivity index (χ1) is 6.59. The van der Waals surface area contributed by atoms with Gasteiger partial charge >= 0.3 is 6.09 Å². The molecule has 78 valence electrons. The van der Waals surface area contributed by atoms with E-state index < -0.39 is 6.09 Å². The number of amides is 2. The van der Waals surface area contributed by atoms with E-state index in [1.165, 1.54) is 11.8 Å². The lowest BCUT2D eigenvalue weighted by atomic mass is 10.2. The van der Waals surface area contributed by atoms with Crippen molar-refractivity contribution in [3.8, 4) is 0 Å². The zero-order chi connectivity index (χ0) is 10.3. The van der Waals surface area contributed by atoms with Crippen molar-refractivity contribution in [1.82, 2.24) is 9.80 Å². The standard InChI is InChI=1S/C9H14N2O3/c1-6(12)10-4-7-2-3-8(5-10)11(7)9(13)14/h7-8H,2-5H2,1H3,(H,13,14). The van der Waals surface area contributed by atoms with E-state index in [1.54, 1.807) is 4.90 Å². The van der Waals surface area contributed by atoms with E-state index >= 15 is 0 Å². The summed E-state index contributed by atoms with van der Waals surface area (Å²) in [5.41, 5.74) is 0. The van der Waals surface area contributed by atoms with Gasteiger partial charge in [0.2, 0.25) is 5.91 Å². The fourth-order valence-electron chi connectivity index (χ4n) is 2.47. The van der Waals surface area contributed by atoms with E-state index in [-0.39, 0.29) is 18.0 Å². The molecule has 0 aromatic carbocycles. The monoisotopic (exact) mass is 198 g/mol. The van der Waals surface area contributed by atoms with Crippen molar-refractivity contribution in [1.29, 1.82) is 0 Å². The SMILES string of the molecule is CC(=O)N1CC2CCC(C1)N2C(=O)O. The highest BCUT2D eigenvalue weighted by Gasteiger charge is 2.43. The maximum Gasteiger partial charge on any atom is 0.407 e. The Morgan fingerprint density at radius 3 is 2.07 bits per heavy atom. The molecular weight excluding hydrogens is 184 g/mol. The number of nitrogens with zero attached hydrogens (tertiary/aromatic N) is 2. The summed E-state index contributed by atoms with van der Waals surface area (Å²) in [7, 11) is 0. The highest BCUT2D eigenvalue weighted by atomic mass is 16.4. The molecule has 2 amide bonds. The van der Waals surface area contributed by atoms with Crippen molar-refractivity contribution < 1.29 is 14.7 Å². The van der Waals surface area contributed by atoms with Crippen LogP contribution in [0.4, 0.5) is 4.79 Å². The predicted molar refractivity (Wildman–Crippen MR) is 48.9 cm³/mol. The maximum absolute atomic E-state index is 11.2. The van der Waals surface area contributed by atoms with Gasteiger partial charge in [-0.2, -0.15) is 0 Å². The molecule has 2 rings (SSSR count). The minimum absolute atomic E-state index is 0.0233. The Labute approximate surface area is 82.3 Å². The number of likely N-dealkylation sites (tertiary alicyclic amines) is 1. The molecule has 2 aliphatic heterocycles. The fraction of sp³-hybridized carbons (Fsp3) is 0.778. The van der Waals surface area contributed by atoms with E-state index in [4.69, 9.17) is 5.11 Å². The van der Waals surface area contributed by atoms with Crippen LogP contribution in [-0.4, -0.2) is 52.1 Å². The Balaban J connectivity index is 2.12. The summed E-state index contributed by atoms with van der Waals surface area (Å²) < 4.78 is 0. The molecule has 2 unspecified atom stereocenters. The maximum atomic E-state index is 11.2. The molecule has 2 saturated heterocycles. The summed E-state index contributed by atoms with van der Waals surface area (Å²) in [5.74, 6) is 0.0481. The van der Waals surface area contributed by atoms with Gasteiger partial charge in [0.15, 0.2) is 0 Å². The summed E-state index contributed by atoms with van der Waals surface area (Å²) in [6.07, 6.45) is 0.933. The number of fused-ring (bicyclic) bond motifs is 2. The second kappa shape index (κ2) is 3.15. The van der Waals surface area contributed by atoms with Gasteiger partial charge in [0.1, 0.15) is 0 Å². The van der Waals surface area contributed by atoms with Crippen LogP contribution in [0.5, 0.6) is 0 Å². The third-order valence-corrected chi connectivity index (χ3v) is 3.15. The average Bonchev–Trinajstić information content (AvgIpc) is 2.37. The molecule has 5 nitrogen and oxygen atoms in total. The van der Waals surface area contributed by atoms with Gasteiger partial charge in [-0.3, -0.25) is 9.69 Å². The minimum atomic E-state index is -0.847. The van der Waals surface area contributed by atoms with Crippen LogP contribution in [0, 0.1) is 0 Å². The highest BCUT2D eigenvalue weighted by Crippen LogP contribution is 2.29. The van der Waals surface area contributed by atoms with E-state index in [0.29, 0.717) is 13.1 Å². The second-order valence-corrected chi connectivity index (χ2v) is 4.00. The summed E-state index contributed by atoms with van der Waals surface area (Å²) in [4.78, 5) is 25.3. The lowest BCUT2D eigenvalue weighted by Crippen LogP contribution is -2.56. The summed E-state index contributed by atoms with van der Waals surface area (Å²) in [6.45, 7) is 2.67. The molecule has 14 heavy (non-hydrogen) atoms. The van der Waals surface area contributed by atoms with E-state index in [0.717, 1.165) is 12.8 Å². The van der Waals surface area contributed by atoms with Crippen LogP contribution in [-0.2, 0) is 4.79 Å². The number of rotatable bonds is 0. The molecule has 0 aromatic heterocycles. The van der Waals surface area contributed by atoms with Gasteiger partial charge in [-0.05, 0) is 12.8 Å². The van der Waals surface area contributed by atoms with Crippen molar-refractivity contribution in [3.63, 3.8) is 0 Å². The Hall–Kier alpha value is -1.26. The van der Waals surface area contributed by atoms with Gasteiger partial charge in [0.05, 0.1) is 12.1 Å². The van der Waals surface area contributed by atoms with Crippen LogP contribution < -0.4 is 0 Å². The molecule has 0 saturated carbocycles. The first-order valence-corrected chi connectivity index (χ1v) is 4.86. The lowest BCUT2D eigenvalue weighted by Gasteiger charge is -2.38. The molecule has 5 heteroatoms. The number of carbonyl (C=O) groups is 2. The van der Waals surface area contributed by atoms with Crippen LogP contribution in [0.2, 0.25) is 0 Å². The zero-order valence-corrected chi connectivity index (χ0v) is 8.14. The summed E-state index contributed by atoms with van der Waals surface area (Å²) in [5, 5.41) is 8.97. The first-order valence-electron chi connectivity index (χ1n) is 4.86. The van der Waals surface area contributed by atoms with Crippen molar-refractivity contribution in [2.24, 2.45) is 0 Å². The normalized spacial score (nSPS) is 30.6. The van der Waals surface area contributed by atoms with Crippen LogP contribution in [0.15, 0.2) is 0 Å². The third-order valence-electron chi connectivity index (χ3n) is 3.15. The molecule has 2 aliphatic rings. The molecule has 1 N–H and O–H groups in total. The van der Waals surface area contributed by atoms with E-state index in [1.807, 2.05) is 0 Å². The first kappa shape index (κ1) is 9.30. The highest BCUT2D eigenvalue weighted by molar-refractivity contribution is 5.74. The van der Waals surface area contributed by atoms with Crippen molar-refractivity contribution >= 4 is 12.0 Å². The van der Waals surface area contributed by atoms with Gasteiger partial charge in [-0.15, -0.1) is 0 Å². The van der Waals surface area contributed by atoms with E-state index in [9.17, 15) is 9.59 Å². The van der Waals surface area contributed by atoms with Gasteiger partial charge < -0.3 is 10.0 Å². The van der Waals surface area contributed by atoms with Crippen LogP contribution in [0.1, 0.15) is 19.8 Å². The van der Waals surface area contributed by atoms with E-state index in [2.05, 4.69) is 0 Å². The third kappa shape index (κ3) is 1.32. The Bertz CT molecular complexity index is 265. The zero-order valence-electron chi connectivity index (χ0n) is 8.14. The molecule has 2 heterocycles.